The molecule has 0 radical (unpaired) electrons. The Hall–Kier alpha value is -3.33. The predicted octanol–water partition coefficient (Wildman–Crippen LogP) is 5.90. The minimum absolute atomic E-state index is 0.119. The first-order valence-electron chi connectivity index (χ1n) is 14.1. The van der Waals surface area contributed by atoms with Crippen LogP contribution >= 0.6 is 0 Å². The third kappa shape index (κ3) is 5.61. The van der Waals surface area contributed by atoms with E-state index in [-0.39, 0.29) is 16.7 Å². The van der Waals surface area contributed by atoms with Crippen LogP contribution in [0.5, 0.6) is 11.5 Å². The number of nitrogens with zero attached hydrogens (tertiary/aromatic N) is 1. The van der Waals surface area contributed by atoms with Gasteiger partial charge in [0.15, 0.2) is 11.5 Å². The molecule has 40 heavy (non-hydrogen) atoms. The van der Waals surface area contributed by atoms with Gasteiger partial charge in [-0.1, -0.05) is 36.4 Å². The highest BCUT2D eigenvalue weighted by Gasteiger charge is 2.32. The van der Waals surface area contributed by atoms with E-state index in [1.807, 2.05) is 12.1 Å². The summed E-state index contributed by atoms with van der Waals surface area (Å²) >= 11 is 0. The Kier molecular flexibility index (Phi) is 7.82. The molecule has 2 aliphatic rings. The average Bonchev–Trinajstić information content (AvgIpc) is 3.40. The quantitative estimate of drug-likeness (QED) is 0.257. The Labute approximate surface area is 236 Å². The Bertz CT molecular complexity index is 1560. The van der Waals surface area contributed by atoms with Crippen LogP contribution < -0.4 is 8.92 Å². The van der Waals surface area contributed by atoms with Gasteiger partial charge in [0.25, 0.3) is 0 Å². The molecular formula is C32H36N2O5S. The highest BCUT2D eigenvalue weighted by atomic mass is 32.2. The number of hydrogen-bond donors (Lipinski definition) is 1. The molecule has 0 aliphatic carbocycles. The number of ether oxygens (including phenoxy) is 2. The van der Waals surface area contributed by atoms with Crippen LogP contribution in [0.15, 0.2) is 77.8 Å². The van der Waals surface area contributed by atoms with Gasteiger partial charge >= 0.3 is 10.1 Å². The van der Waals surface area contributed by atoms with Gasteiger partial charge in [0, 0.05) is 49.4 Å². The highest BCUT2D eigenvalue weighted by molar-refractivity contribution is 7.87. The second kappa shape index (κ2) is 11.6. The van der Waals surface area contributed by atoms with E-state index >= 15 is 0 Å². The molecule has 1 atom stereocenters. The lowest BCUT2D eigenvalue weighted by atomic mass is 9.87. The minimum atomic E-state index is -3.98. The maximum atomic E-state index is 13.0. The van der Waals surface area contributed by atoms with Crippen LogP contribution in [0.1, 0.15) is 42.0 Å². The minimum Gasteiger partial charge on any atom is -0.493 e. The number of hydrogen-bond acceptors (Lipinski definition) is 6. The van der Waals surface area contributed by atoms with Gasteiger partial charge in [0.1, 0.15) is 4.90 Å². The van der Waals surface area contributed by atoms with Gasteiger partial charge < -0.3 is 18.6 Å². The summed E-state index contributed by atoms with van der Waals surface area (Å²) in [6, 6.07) is 20.7. The van der Waals surface area contributed by atoms with Crippen molar-refractivity contribution in [2.75, 3.05) is 33.4 Å². The normalized spacial score (nSPS) is 18.5. The molecule has 7 nitrogen and oxygen atoms in total. The molecule has 3 heterocycles. The summed E-state index contributed by atoms with van der Waals surface area (Å²) in [5.41, 5.74) is 4.78. The van der Waals surface area contributed by atoms with Crippen LogP contribution in [0.2, 0.25) is 0 Å². The number of methoxy groups -OCH3 is 1. The fourth-order valence-electron chi connectivity index (χ4n) is 6.19. The van der Waals surface area contributed by atoms with Gasteiger partial charge in [-0.3, -0.25) is 4.90 Å². The molecule has 6 rings (SSSR count). The molecule has 0 saturated carbocycles. The summed E-state index contributed by atoms with van der Waals surface area (Å²) in [4.78, 5) is 6.15. The van der Waals surface area contributed by atoms with E-state index < -0.39 is 10.1 Å². The third-order valence-electron chi connectivity index (χ3n) is 8.32. The SMILES string of the molecule is COc1cc2c(cc1OS(=O)(=O)c1ccccc1)CCN(CC1CCOCC1)C2CCc1c[nH]c2ccccc12. The largest absolute Gasteiger partial charge is 0.493 e. The molecular weight excluding hydrogens is 524 g/mol. The monoisotopic (exact) mass is 560 g/mol. The van der Waals surface area contributed by atoms with E-state index in [4.69, 9.17) is 13.7 Å². The molecule has 8 heteroatoms. The Morgan fingerprint density at radius 1 is 1.00 bits per heavy atom. The molecule has 1 saturated heterocycles. The fraction of sp³-hybridized carbons (Fsp3) is 0.375. The van der Waals surface area contributed by atoms with Gasteiger partial charge in [-0.15, -0.1) is 0 Å². The number of benzene rings is 3. The molecule has 0 amide bonds. The molecule has 3 aromatic carbocycles. The van der Waals surface area contributed by atoms with E-state index in [0.717, 1.165) is 69.5 Å². The van der Waals surface area contributed by atoms with Gasteiger partial charge in [0.05, 0.1) is 7.11 Å². The van der Waals surface area contributed by atoms with E-state index in [9.17, 15) is 8.42 Å². The van der Waals surface area contributed by atoms with Crippen LogP contribution in [0.4, 0.5) is 0 Å². The number of nitrogens with one attached hydrogen (secondary N) is 1. The first-order valence-corrected chi connectivity index (χ1v) is 15.5. The second-order valence-electron chi connectivity index (χ2n) is 10.8. The zero-order valence-electron chi connectivity index (χ0n) is 22.8. The first kappa shape index (κ1) is 26.9. The summed E-state index contributed by atoms with van der Waals surface area (Å²) < 4.78 is 43.0. The van der Waals surface area contributed by atoms with Crippen molar-refractivity contribution in [2.45, 2.75) is 43.0 Å². The molecule has 210 valence electrons. The summed E-state index contributed by atoms with van der Waals surface area (Å²) in [5.74, 6) is 1.29. The van der Waals surface area contributed by atoms with Crippen molar-refractivity contribution >= 4 is 21.0 Å². The topological polar surface area (TPSA) is 80.9 Å². The lowest BCUT2D eigenvalue weighted by Crippen LogP contribution is -2.40. The van der Waals surface area contributed by atoms with Crippen LogP contribution in [0.25, 0.3) is 10.9 Å². The number of fused-ring (bicyclic) bond motifs is 2. The Balaban J connectivity index is 1.31. The van der Waals surface area contributed by atoms with E-state index in [1.54, 1.807) is 25.3 Å². The van der Waals surface area contributed by atoms with Gasteiger partial charge in [0.2, 0.25) is 0 Å². The average molecular weight is 561 g/mol. The van der Waals surface area contributed by atoms with Crippen molar-refractivity contribution in [2.24, 2.45) is 5.92 Å². The van der Waals surface area contributed by atoms with E-state index in [0.29, 0.717) is 11.7 Å². The smallest absolute Gasteiger partial charge is 0.339 e. The van der Waals surface area contributed by atoms with Crippen molar-refractivity contribution in [3.05, 3.63) is 89.6 Å². The maximum Gasteiger partial charge on any atom is 0.339 e. The highest BCUT2D eigenvalue weighted by Crippen LogP contribution is 2.42. The third-order valence-corrected chi connectivity index (χ3v) is 9.57. The summed E-state index contributed by atoms with van der Waals surface area (Å²) in [6.07, 6.45) is 7.01. The first-order chi connectivity index (χ1) is 19.5. The van der Waals surface area contributed by atoms with Crippen LogP contribution in [0, 0.1) is 5.92 Å². The summed E-state index contributed by atoms with van der Waals surface area (Å²) in [5, 5.41) is 1.27. The van der Waals surface area contributed by atoms with Gasteiger partial charge in [-0.25, -0.2) is 0 Å². The standard InChI is InChI=1S/C32H36N2O5S/c1-37-31-20-28-24(19-32(31)39-40(35,36)26-7-3-2-4-8-26)13-16-34(22-23-14-17-38-18-15-23)30(28)12-11-25-21-33-29-10-6-5-9-27(25)29/h2-10,19-21,23,30,33H,11-18,22H2,1H3. The van der Waals surface area contributed by atoms with Crippen molar-refractivity contribution in [1.82, 2.24) is 9.88 Å². The van der Waals surface area contributed by atoms with Crippen molar-refractivity contribution in [1.29, 1.82) is 0 Å². The van der Waals surface area contributed by atoms with Gasteiger partial charge in [-0.05, 0) is 85.0 Å². The van der Waals surface area contributed by atoms with Crippen LogP contribution in [0.3, 0.4) is 0 Å². The maximum absolute atomic E-state index is 13.0. The zero-order chi connectivity index (χ0) is 27.5. The lowest BCUT2D eigenvalue weighted by molar-refractivity contribution is 0.0423. The lowest BCUT2D eigenvalue weighted by Gasteiger charge is -2.40. The zero-order valence-corrected chi connectivity index (χ0v) is 23.7. The summed E-state index contributed by atoms with van der Waals surface area (Å²) in [6.45, 7) is 3.61. The van der Waals surface area contributed by atoms with Crippen LogP contribution in [-0.4, -0.2) is 51.7 Å². The molecule has 1 unspecified atom stereocenters. The number of rotatable bonds is 9. The van der Waals surface area contributed by atoms with Crippen LogP contribution in [-0.2, 0) is 27.7 Å². The number of aromatic amines is 1. The molecule has 2 aliphatic heterocycles. The van der Waals surface area contributed by atoms with Crippen molar-refractivity contribution in [3.8, 4) is 11.5 Å². The van der Waals surface area contributed by atoms with E-state index in [1.165, 1.54) is 28.6 Å². The second-order valence-corrected chi connectivity index (χ2v) is 12.3. The van der Waals surface area contributed by atoms with Gasteiger partial charge in [-0.2, -0.15) is 8.42 Å². The Morgan fingerprint density at radius 3 is 2.58 bits per heavy atom. The number of aromatic nitrogens is 1. The molecule has 4 aromatic rings. The Morgan fingerprint density at radius 2 is 1.77 bits per heavy atom. The fourth-order valence-corrected chi connectivity index (χ4v) is 7.14. The molecule has 0 spiro atoms. The number of para-hydroxylation sites is 1. The molecule has 0 bridgehead atoms. The number of H-pyrrole nitrogens is 1. The molecule has 1 aromatic heterocycles. The molecule has 1 N–H and O–H groups in total. The van der Waals surface area contributed by atoms with E-state index in [2.05, 4.69) is 40.3 Å². The predicted molar refractivity (Wildman–Crippen MR) is 155 cm³/mol. The molecule has 1 fully saturated rings. The van der Waals surface area contributed by atoms with Crippen molar-refractivity contribution in [3.63, 3.8) is 0 Å². The summed E-state index contributed by atoms with van der Waals surface area (Å²) in [7, 11) is -2.42. The number of aryl methyl sites for hydroxylation is 1. The van der Waals surface area contributed by atoms with Crippen molar-refractivity contribution < 1.29 is 22.1 Å².